The zero-order chi connectivity index (χ0) is 21.3. The van der Waals surface area contributed by atoms with E-state index in [0.29, 0.717) is 17.1 Å². The Kier molecular flexibility index (Phi) is 5.74. The minimum atomic E-state index is -0.813. The summed E-state index contributed by atoms with van der Waals surface area (Å²) in [6.45, 7) is 1.69. The third-order valence-electron chi connectivity index (χ3n) is 4.42. The Bertz CT molecular complexity index is 1070. The van der Waals surface area contributed by atoms with E-state index in [4.69, 9.17) is 14.2 Å². The van der Waals surface area contributed by atoms with Gasteiger partial charge in [-0.3, -0.25) is 9.59 Å². The van der Waals surface area contributed by atoms with Crippen molar-refractivity contribution in [3.05, 3.63) is 51.5 Å². The van der Waals surface area contributed by atoms with Gasteiger partial charge in [0.2, 0.25) is 5.78 Å². The Labute approximate surface area is 175 Å². The number of phenolic OH excluding ortho intramolecular Hbond substituents is 1. The molecule has 3 rings (SSSR count). The quantitative estimate of drug-likeness (QED) is 0.675. The molecular formula is C21H17BrO7. The third-order valence-corrected chi connectivity index (χ3v) is 5.01. The predicted octanol–water partition coefficient (Wildman–Crippen LogP) is 3.91. The molecule has 29 heavy (non-hydrogen) atoms. The molecule has 0 saturated carbocycles. The summed E-state index contributed by atoms with van der Waals surface area (Å²) in [5, 5.41) is 10.6. The number of Topliss-reactive ketones (excluding diaryl/α,β-unsaturated/α-hetero) is 1. The van der Waals surface area contributed by atoms with Crippen molar-refractivity contribution >= 4 is 33.5 Å². The molecule has 0 saturated heterocycles. The highest BCUT2D eigenvalue weighted by atomic mass is 79.9. The van der Waals surface area contributed by atoms with Crippen molar-refractivity contribution in [3.63, 3.8) is 0 Å². The SMILES string of the molecule is CCOC(=O)c1c(O)cc2c(c1-c1ccc(OC)c(OC)c1)C(=O)C=C(Br)C2=O. The highest BCUT2D eigenvalue weighted by molar-refractivity contribution is 9.12. The topological polar surface area (TPSA) is 99.1 Å². The molecule has 7 nitrogen and oxygen atoms in total. The molecule has 0 heterocycles. The number of hydrogen-bond acceptors (Lipinski definition) is 7. The van der Waals surface area contributed by atoms with E-state index in [2.05, 4.69) is 15.9 Å². The van der Waals surface area contributed by atoms with Crippen LogP contribution < -0.4 is 9.47 Å². The van der Waals surface area contributed by atoms with Gasteiger partial charge in [-0.05, 0) is 46.6 Å². The number of carbonyl (C=O) groups excluding carboxylic acids is 3. The maximum atomic E-state index is 12.8. The van der Waals surface area contributed by atoms with E-state index >= 15 is 0 Å². The number of ketones is 2. The minimum absolute atomic E-state index is 0.00581. The Balaban J connectivity index is 2.41. The van der Waals surface area contributed by atoms with Gasteiger partial charge in [-0.25, -0.2) is 4.79 Å². The molecule has 0 amide bonds. The lowest BCUT2D eigenvalue weighted by Gasteiger charge is -2.21. The summed E-state index contributed by atoms with van der Waals surface area (Å²) in [6.07, 6.45) is 1.14. The summed E-state index contributed by atoms with van der Waals surface area (Å²) in [6, 6.07) is 5.87. The van der Waals surface area contributed by atoms with Crippen LogP contribution in [0.1, 0.15) is 38.0 Å². The van der Waals surface area contributed by atoms with E-state index in [1.807, 2.05) is 0 Å². The van der Waals surface area contributed by atoms with Crippen molar-refractivity contribution in [1.29, 1.82) is 0 Å². The molecule has 2 aromatic rings. The average molecular weight is 461 g/mol. The van der Waals surface area contributed by atoms with Crippen LogP contribution >= 0.6 is 15.9 Å². The second kappa shape index (κ2) is 8.08. The zero-order valence-electron chi connectivity index (χ0n) is 15.9. The minimum Gasteiger partial charge on any atom is -0.507 e. The van der Waals surface area contributed by atoms with Gasteiger partial charge in [0.25, 0.3) is 0 Å². The maximum Gasteiger partial charge on any atom is 0.342 e. The lowest BCUT2D eigenvalue weighted by molar-refractivity contribution is 0.0523. The molecule has 1 aliphatic carbocycles. The Morgan fingerprint density at radius 3 is 2.38 bits per heavy atom. The molecule has 0 aliphatic heterocycles. The van der Waals surface area contributed by atoms with E-state index in [9.17, 15) is 19.5 Å². The number of hydrogen-bond donors (Lipinski definition) is 1. The highest BCUT2D eigenvalue weighted by Gasteiger charge is 2.33. The Morgan fingerprint density at radius 2 is 1.76 bits per heavy atom. The van der Waals surface area contributed by atoms with Gasteiger partial charge in [0.1, 0.15) is 11.3 Å². The fraction of sp³-hybridized carbons (Fsp3) is 0.190. The standard InChI is InChI=1S/C21H17BrO7/c1-4-29-21(26)19-13(23)8-11-18(14(24)9-12(22)20(11)25)17(19)10-5-6-15(27-2)16(7-10)28-3/h5-9,23H,4H2,1-3H3. The number of aromatic hydroxyl groups is 1. The summed E-state index contributed by atoms with van der Waals surface area (Å²) in [7, 11) is 2.92. The molecule has 1 aliphatic rings. The van der Waals surface area contributed by atoms with Crippen molar-refractivity contribution < 1.29 is 33.7 Å². The number of rotatable bonds is 5. The highest BCUT2D eigenvalue weighted by Crippen LogP contribution is 2.42. The molecule has 0 aromatic heterocycles. The normalized spacial score (nSPS) is 12.9. The van der Waals surface area contributed by atoms with Crippen molar-refractivity contribution in [2.75, 3.05) is 20.8 Å². The lowest BCUT2D eigenvalue weighted by Crippen LogP contribution is -2.19. The number of esters is 1. The van der Waals surface area contributed by atoms with E-state index < -0.39 is 23.3 Å². The van der Waals surface area contributed by atoms with Crippen molar-refractivity contribution in [3.8, 4) is 28.4 Å². The first-order valence-corrected chi connectivity index (χ1v) is 9.39. The van der Waals surface area contributed by atoms with Gasteiger partial charge in [-0.2, -0.15) is 0 Å². The molecule has 150 valence electrons. The van der Waals surface area contributed by atoms with Gasteiger partial charge in [0.05, 0.1) is 25.3 Å². The first-order valence-electron chi connectivity index (χ1n) is 8.59. The summed E-state index contributed by atoms with van der Waals surface area (Å²) in [4.78, 5) is 38.0. The van der Waals surface area contributed by atoms with Crippen LogP contribution in [0.25, 0.3) is 11.1 Å². The summed E-state index contributed by atoms with van der Waals surface area (Å²) in [5.41, 5.74) is 0.260. The molecule has 0 spiro atoms. The van der Waals surface area contributed by atoms with Gasteiger partial charge >= 0.3 is 5.97 Å². The van der Waals surface area contributed by atoms with E-state index in [0.717, 1.165) is 12.1 Å². The second-order valence-corrected chi connectivity index (χ2v) is 6.90. The van der Waals surface area contributed by atoms with Crippen LogP contribution in [-0.2, 0) is 4.74 Å². The van der Waals surface area contributed by atoms with E-state index in [1.165, 1.54) is 14.2 Å². The number of halogens is 1. The Morgan fingerprint density at radius 1 is 1.07 bits per heavy atom. The Hall–Kier alpha value is -3.13. The van der Waals surface area contributed by atoms with Gasteiger partial charge in [-0.1, -0.05) is 6.07 Å². The fourth-order valence-electron chi connectivity index (χ4n) is 3.18. The predicted molar refractivity (Wildman–Crippen MR) is 108 cm³/mol. The number of fused-ring (bicyclic) bond motifs is 1. The van der Waals surface area contributed by atoms with Gasteiger partial charge < -0.3 is 19.3 Å². The van der Waals surface area contributed by atoms with E-state index in [-0.39, 0.29) is 33.3 Å². The third kappa shape index (κ3) is 3.51. The van der Waals surface area contributed by atoms with Crippen molar-refractivity contribution in [2.45, 2.75) is 6.92 Å². The monoisotopic (exact) mass is 460 g/mol. The average Bonchev–Trinajstić information content (AvgIpc) is 2.70. The van der Waals surface area contributed by atoms with Crippen LogP contribution in [-0.4, -0.2) is 43.5 Å². The molecule has 8 heteroatoms. The first-order chi connectivity index (χ1) is 13.8. The molecule has 0 unspecified atom stereocenters. The molecule has 0 radical (unpaired) electrons. The summed E-state index contributed by atoms with van der Waals surface area (Å²) < 4.78 is 15.7. The lowest BCUT2D eigenvalue weighted by atomic mass is 9.84. The van der Waals surface area contributed by atoms with Crippen LogP contribution in [0.3, 0.4) is 0 Å². The van der Waals surface area contributed by atoms with Crippen LogP contribution in [0.2, 0.25) is 0 Å². The number of ether oxygens (including phenoxy) is 3. The number of carbonyl (C=O) groups is 3. The molecular weight excluding hydrogens is 444 g/mol. The van der Waals surface area contributed by atoms with Gasteiger partial charge in [-0.15, -0.1) is 0 Å². The van der Waals surface area contributed by atoms with Crippen LogP contribution in [0.5, 0.6) is 17.2 Å². The number of phenols is 1. The summed E-state index contributed by atoms with van der Waals surface area (Å²) in [5.74, 6) is -1.45. The fourth-order valence-corrected chi connectivity index (χ4v) is 3.60. The largest absolute Gasteiger partial charge is 0.507 e. The zero-order valence-corrected chi connectivity index (χ0v) is 17.5. The maximum absolute atomic E-state index is 12.8. The number of allylic oxidation sites excluding steroid dienone is 2. The van der Waals surface area contributed by atoms with Crippen LogP contribution in [0.15, 0.2) is 34.8 Å². The van der Waals surface area contributed by atoms with E-state index in [1.54, 1.807) is 25.1 Å². The first kappa shape index (κ1) is 20.6. The van der Waals surface area contributed by atoms with Crippen LogP contribution in [0, 0.1) is 0 Å². The van der Waals surface area contributed by atoms with Crippen LogP contribution in [0.4, 0.5) is 0 Å². The number of methoxy groups -OCH3 is 2. The van der Waals surface area contributed by atoms with Crippen molar-refractivity contribution in [1.82, 2.24) is 0 Å². The molecule has 0 fully saturated rings. The smallest absolute Gasteiger partial charge is 0.342 e. The van der Waals surface area contributed by atoms with Gasteiger partial charge in [0.15, 0.2) is 17.3 Å². The molecule has 0 bridgehead atoms. The molecule has 2 aromatic carbocycles. The van der Waals surface area contributed by atoms with Gasteiger partial charge in [0, 0.05) is 22.8 Å². The number of benzene rings is 2. The molecule has 0 atom stereocenters. The van der Waals surface area contributed by atoms with Crippen molar-refractivity contribution in [2.24, 2.45) is 0 Å². The molecule has 1 N–H and O–H groups in total. The summed E-state index contributed by atoms with van der Waals surface area (Å²) >= 11 is 3.06. The second-order valence-electron chi connectivity index (χ2n) is 6.04.